The minimum Gasteiger partial charge on any atom is -0.324 e. The zero-order valence-corrected chi connectivity index (χ0v) is 14.2. The molecule has 5 nitrogen and oxygen atoms in total. The van der Waals surface area contributed by atoms with Gasteiger partial charge in [0, 0.05) is 37.9 Å². The van der Waals surface area contributed by atoms with Crippen LogP contribution in [0.2, 0.25) is 0 Å². The molecule has 1 aliphatic rings. The third-order valence-electron chi connectivity index (χ3n) is 4.36. The fourth-order valence-corrected chi connectivity index (χ4v) is 3.41. The van der Waals surface area contributed by atoms with Crippen molar-refractivity contribution in [3.63, 3.8) is 0 Å². The van der Waals surface area contributed by atoms with Gasteiger partial charge in [-0.2, -0.15) is 16.9 Å². The van der Waals surface area contributed by atoms with Gasteiger partial charge in [-0.3, -0.25) is 10.00 Å². The van der Waals surface area contributed by atoms with Crippen LogP contribution in [0.1, 0.15) is 44.2 Å². The third kappa shape index (κ3) is 3.73. The van der Waals surface area contributed by atoms with Gasteiger partial charge in [-0.25, -0.2) is 4.79 Å². The summed E-state index contributed by atoms with van der Waals surface area (Å²) in [7, 11) is 3.75. The maximum absolute atomic E-state index is 12.4. The predicted molar refractivity (Wildman–Crippen MR) is 89.0 cm³/mol. The number of aromatic nitrogens is 2. The molecule has 2 rings (SSSR count). The number of carbonyl (C=O) groups excluding carboxylic acids is 1. The highest BCUT2D eigenvalue weighted by Gasteiger charge is 2.24. The zero-order valence-electron chi connectivity index (χ0n) is 13.4. The Kier molecular flexibility index (Phi) is 5.56. The number of carbonyl (C=O) groups is 1. The molecule has 6 heteroatoms. The topological polar surface area (TPSA) is 50.2 Å². The Balaban J connectivity index is 1.99. The van der Waals surface area contributed by atoms with E-state index < -0.39 is 0 Å². The van der Waals surface area contributed by atoms with Gasteiger partial charge in [0.1, 0.15) is 5.82 Å². The number of rotatable bonds is 6. The molecule has 118 valence electrons. The first-order valence-electron chi connectivity index (χ1n) is 7.63. The van der Waals surface area contributed by atoms with Gasteiger partial charge >= 0.3 is 6.03 Å². The summed E-state index contributed by atoms with van der Waals surface area (Å²) in [5.74, 6) is 2.33. The van der Waals surface area contributed by atoms with Gasteiger partial charge in [0.2, 0.25) is 0 Å². The number of nitrogens with one attached hydrogen (secondary N) is 1. The molecule has 0 aromatic carbocycles. The summed E-state index contributed by atoms with van der Waals surface area (Å²) in [6.45, 7) is 2.11. The van der Waals surface area contributed by atoms with Gasteiger partial charge in [0.15, 0.2) is 0 Å². The molecule has 1 unspecified atom stereocenters. The minimum atomic E-state index is -0.0564. The van der Waals surface area contributed by atoms with Crippen molar-refractivity contribution < 1.29 is 4.79 Å². The van der Waals surface area contributed by atoms with Crippen molar-refractivity contribution >= 4 is 23.6 Å². The van der Waals surface area contributed by atoms with Crippen molar-refractivity contribution in [2.24, 2.45) is 7.05 Å². The summed E-state index contributed by atoms with van der Waals surface area (Å²) in [6, 6.07) is 2.23. The lowest BCUT2D eigenvalue weighted by Gasteiger charge is -2.26. The highest BCUT2D eigenvalue weighted by molar-refractivity contribution is 7.98. The molecule has 1 atom stereocenters. The lowest BCUT2D eigenvalue weighted by molar-refractivity contribution is 0.207. The van der Waals surface area contributed by atoms with Crippen molar-refractivity contribution in [1.29, 1.82) is 0 Å². The molecule has 1 N–H and O–H groups in total. The second-order valence-electron chi connectivity index (χ2n) is 5.76. The normalized spacial score (nSPS) is 16.4. The van der Waals surface area contributed by atoms with Crippen molar-refractivity contribution in [3.05, 3.63) is 11.8 Å². The molecule has 2 amide bonds. The molecule has 0 spiro atoms. The molecule has 1 aliphatic carbocycles. The molecule has 0 bridgehead atoms. The number of urea groups is 1. The van der Waals surface area contributed by atoms with Crippen LogP contribution >= 0.6 is 11.8 Å². The van der Waals surface area contributed by atoms with Crippen LogP contribution < -0.4 is 5.32 Å². The maximum atomic E-state index is 12.4. The SMILES string of the molecule is CCC(CSC)N(C)C(=O)Nc1cc(C2CCC2)nn1C. The molecule has 1 aromatic heterocycles. The summed E-state index contributed by atoms with van der Waals surface area (Å²) >= 11 is 1.77. The fraction of sp³-hybridized carbons (Fsp3) is 0.733. The van der Waals surface area contributed by atoms with E-state index in [0.29, 0.717) is 5.92 Å². The molecule has 0 saturated heterocycles. The summed E-state index contributed by atoms with van der Waals surface area (Å²) in [6.07, 6.45) is 6.76. The summed E-state index contributed by atoms with van der Waals surface area (Å²) < 4.78 is 1.77. The fourth-order valence-electron chi connectivity index (χ4n) is 2.57. The van der Waals surface area contributed by atoms with E-state index in [2.05, 4.69) is 23.6 Å². The Morgan fingerprint density at radius 1 is 1.62 bits per heavy atom. The molecule has 1 heterocycles. The molecule has 0 aliphatic heterocycles. The Morgan fingerprint density at radius 2 is 2.33 bits per heavy atom. The van der Waals surface area contributed by atoms with E-state index in [1.165, 1.54) is 19.3 Å². The Labute approximate surface area is 131 Å². The van der Waals surface area contributed by atoms with E-state index in [9.17, 15) is 4.79 Å². The molecular formula is C15H26N4OS. The number of anilines is 1. The second kappa shape index (κ2) is 7.20. The maximum Gasteiger partial charge on any atom is 0.323 e. The Hall–Kier alpha value is -1.17. The number of hydrogen-bond acceptors (Lipinski definition) is 3. The van der Waals surface area contributed by atoms with Gasteiger partial charge in [-0.1, -0.05) is 13.3 Å². The highest BCUT2D eigenvalue weighted by Crippen LogP contribution is 2.36. The van der Waals surface area contributed by atoms with Gasteiger partial charge in [0.05, 0.1) is 5.69 Å². The predicted octanol–water partition coefficient (Wildman–Crippen LogP) is 3.29. The van der Waals surface area contributed by atoms with Crippen LogP contribution in [0.5, 0.6) is 0 Å². The van der Waals surface area contributed by atoms with Gasteiger partial charge in [-0.15, -0.1) is 0 Å². The van der Waals surface area contributed by atoms with Gasteiger partial charge in [0.25, 0.3) is 0 Å². The molecule has 1 fully saturated rings. The van der Waals surface area contributed by atoms with E-state index >= 15 is 0 Å². The van der Waals surface area contributed by atoms with E-state index in [1.807, 2.05) is 20.2 Å². The van der Waals surface area contributed by atoms with Crippen molar-refractivity contribution in [3.8, 4) is 0 Å². The van der Waals surface area contributed by atoms with Crippen LogP contribution in [0.4, 0.5) is 10.6 Å². The van der Waals surface area contributed by atoms with Gasteiger partial charge in [-0.05, 0) is 25.5 Å². The number of nitrogens with zero attached hydrogens (tertiary/aromatic N) is 3. The number of aryl methyl sites for hydroxylation is 1. The van der Waals surface area contributed by atoms with E-state index in [1.54, 1.807) is 21.3 Å². The zero-order chi connectivity index (χ0) is 15.4. The van der Waals surface area contributed by atoms with Crippen LogP contribution in [-0.2, 0) is 7.05 Å². The number of hydrogen-bond donors (Lipinski definition) is 1. The summed E-state index contributed by atoms with van der Waals surface area (Å²) in [5, 5.41) is 7.51. The molecule has 1 aromatic rings. The van der Waals surface area contributed by atoms with Crippen LogP contribution in [0.25, 0.3) is 0 Å². The first kappa shape index (κ1) is 16.2. The minimum absolute atomic E-state index is 0.0564. The lowest BCUT2D eigenvalue weighted by Crippen LogP contribution is -2.41. The smallest absolute Gasteiger partial charge is 0.323 e. The van der Waals surface area contributed by atoms with Gasteiger partial charge < -0.3 is 4.90 Å². The largest absolute Gasteiger partial charge is 0.324 e. The van der Waals surface area contributed by atoms with E-state index in [-0.39, 0.29) is 12.1 Å². The molecule has 21 heavy (non-hydrogen) atoms. The number of amides is 2. The third-order valence-corrected chi connectivity index (χ3v) is 5.07. The van der Waals surface area contributed by atoms with Crippen LogP contribution in [0.3, 0.4) is 0 Å². The van der Waals surface area contributed by atoms with Crippen LogP contribution in [-0.4, -0.2) is 45.8 Å². The van der Waals surface area contributed by atoms with E-state index in [0.717, 1.165) is 23.7 Å². The Bertz CT molecular complexity index is 484. The number of thioether (sulfide) groups is 1. The standard InChI is InChI=1S/C15H26N4OS/c1-5-12(10-21-4)18(2)15(20)16-14-9-13(17-19(14)3)11-7-6-8-11/h9,11-12H,5-8,10H2,1-4H3,(H,16,20). The average molecular weight is 310 g/mol. The summed E-state index contributed by atoms with van der Waals surface area (Å²) in [4.78, 5) is 14.2. The molecule has 1 saturated carbocycles. The van der Waals surface area contributed by atoms with Crippen LogP contribution in [0, 0.1) is 0 Å². The Morgan fingerprint density at radius 3 is 2.86 bits per heavy atom. The first-order valence-corrected chi connectivity index (χ1v) is 9.02. The molecular weight excluding hydrogens is 284 g/mol. The lowest BCUT2D eigenvalue weighted by atomic mass is 9.83. The van der Waals surface area contributed by atoms with Crippen molar-refractivity contribution in [2.45, 2.75) is 44.6 Å². The van der Waals surface area contributed by atoms with Crippen molar-refractivity contribution in [2.75, 3.05) is 24.4 Å². The average Bonchev–Trinajstić information content (AvgIpc) is 2.74. The first-order chi connectivity index (χ1) is 10.1. The monoisotopic (exact) mass is 310 g/mol. The van der Waals surface area contributed by atoms with E-state index in [4.69, 9.17) is 0 Å². The highest BCUT2D eigenvalue weighted by atomic mass is 32.2. The summed E-state index contributed by atoms with van der Waals surface area (Å²) in [5.41, 5.74) is 1.11. The van der Waals surface area contributed by atoms with Crippen molar-refractivity contribution in [1.82, 2.24) is 14.7 Å². The quantitative estimate of drug-likeness (QED) is 0.877. The second-order valence-corrected chi connectivity index (χ2v) is 6.68. The molecule has 0 radical (unpaired) electrons. The van der Waals surface area contributed by atoms with Crippen LogP contribution in [0.15, 0.2) is 6.07 Å².